The van der Waals surface area contributed by atoms with Gasteiger partial charge in [-0.05, 0) is 62.3 Å². The van der Waals surface area contributed by atoms with Gasteiger partial charge in [-0.25, -0.2) is 0 Å². The third-order valence-corrected chi connectivity index (χ3v) is 4.87. The van der Waals surface area contributed by atoms with E-state index in [0.717, 1.165) is 19.3 Å². The highest BCUT2D eigenvalue weighted by atomic mass is 35.5. The van der Waals surface area contributed by atoms with Crippen LogP contribution in [0.25, 0.3) is 0 Å². The summed E-state index contributed by atoms with van der Waals surface area (Å²) < 4.78 is 5.32. The largest absolute Gasteiger partial charge is 0.451 e. The summed E-state index contributed by atoms with van der Waals surface area (Å²) in [6.07, 6.45) is 7.04. The second kappa shape index (κ2) is 14.7. The lowest BCUT2D eigenvalue weighted by Gasteiger charge is -2.26. The molecule has 4 heteroatoms. The molecular formula is C26H35ClO3. The van der Waals surface area contributed by atoms with E-state index in [1.54, 1.807) is 30.3 Å². The van der Waals surface area contributed by atoms with Gasteiger partial charge in [-0.2, -0.15) is 0 Å². The first kappa shape index (κ1) is 27.7. The molecule has 0 saturated heterocycles. The number of ketones is 1. The molecule has 0 spiro atoms. The van der Waals surface area contributed by atoms with Crippen molar-refractivity contribution in [3.05, 3.63) is 70.7 Å². The number of allylic oxidation sites excluding steroid dienone is 4. The van der Waals surface area contributed by atoms with E-state index in [-0.39, 0.29) is 17.8 Å². The smallest absolute Gasteiger partial charge is 0.173 e. The van der Waals surface area contributed by atoms with Gasteiger partial charge in [0, 0.05) is 10.6 Å². The maximum Gasteiger partial charge on any atom is 0.173 e. The average molecular weight is 431 g/mol. The molecule has 0 atom stereocenters. The van der Waals surface area contributed by atoms with Crippen molar-refractivity contribution in [3.63, 3.8) is 0 Å². The molecule has 0 fully saturated rings. The highest BCUT2D eigenvalue weighted by molar-refractivity contribution is 6.30. The van der Waals surface area contributed by atoms with Crippen LogP contribution in [0.1, 0.15) is 71.2 Å². The molecule has 0 aromatic heterocycles. The maximum atomic E-state index is 10.7. The minimum atomic E-state index is -0.196. The fraction of sp³-hybridized carbons (Fsp3) is 0.423. The summed E-state index contributed by atoms with van der Waals surface area (Å²) in [7, 11) is 0. The minimum Gasteiger partial charge on any atom is -0.451 e. The summed E-state index contributed by atoms with van der Waals surface area (Å²) >= 11 is 5.64. The Hall–Kier alpha value is -2.28. The fourth-order valence-electron chi connectivity index (χ4n) is 2.35. The zero-order valence-corrected chi connectivity index (χ0v) is 19.9. The molecule has 0 radical (unpaired) electrons. The Morgan fingerprint density at radius 2 is 2.00 bits per heavy atom. The van der Waals surface area contributed by atoms with Crippen molar-refractivity contribution in [2.45, 2.75) is 60.8 Å². The van der Waals surface area contributed by atoms with Crippen molar-refractivity contribution in [2.75, 3.05) is 6.61 Å². The van der Waals surface area contributed by atoms with Gasteiger partial charge >= 0.3 is 0 Å². The monoisotopic (exact) mass is 430 g/mol. The standard InChI is InChI=1S/C18H28O2.C8H7ClO/c1-7-11-16(18(5,6)9-3)12-10-13-17(8-2)20-15(4)14-19;1-6(10)7-3-2-4-8(9)5-7/h8,12,19H,4,7,9,11,14H2,1-3,5-6H3;2-5H,1H3/b16-12+,17-8-;. The van der Waals surface area contributed by atoms with Gasteiger partial charge in [0.15, 0.2) is 11.5 Å². The Morgan fingerprint density at radius 3 is 2.43 bits per heavy atom. The summed E-state index contributed by atoms with van der Waals surface area (Å²) in [5.74, 6) is 6.89. The number of hydrogen-bond donors (Lipinski definition) is 1. The molecular weight excluding hydrogens is 396 g/mol. The Labute approximate surface area is 187 Å². The summed E-state index contributed by atoms with van der Waals surface area (Å²) in [4.78, 5) is 10.7. The molecule has 0 heterocycles. The van der Waals surface area contributed by atoms with Crippen molar-refractivity contribution in [1.29, 1.82) is 0 Å². The second-order valence-corrected chi connectivity index (χ2v) is 7.88. The van der Waals surface area contributed by atoms with Crippen LogP contribution in [0.15, 0.2) is 60.1 Å². The van der Waals surface area contributed by atoms with Gasteiger partial charge in [0.25, 0.3) is 0 Å². The van der Waals surface area contributed by atoms with Crippen LogP contribution in [0.2, 0.25) is 5.02 Å². The molecule has 164 valence electrons. The lowest BCUT2D eigenvalue weighted by atomic mass is 9.79. The zero-order valence-electron chi connectivity index (χ0n) is 19.1. The highest BCUT2D eigenvalue weighted by Gasteiger charge is 2.19. The van der Waals surface area contributed by atoms with Crippen LogP contribution in [0.4, 0.5) is 0 Å². The topological polar surface area (TPSA) is 46.5 Å². The molecule has 0 aliphatic carbocycles. The Morgan fingerprint density at radius 1 is 1.33 bits per heavy atom. The predicted molar refractivity (Wildman–Crippen MR) is 127 cm³/mol. The second-order valence-electron chi connectivity index (χ2n) is 7.44. The third-order valence-electron chi connectivity index (χ3n) is 4.64. The van der Waals surface area contributed by atoms with E-state index >= 15 is 0 Å². The van der Waals surface area contributed by atoms with Gasteiger partial charge in [0.05, 0.1) is 0 Å². The Balaban J connectivity index is 0.000000696. The van der Waals surface area contributed by atoms with Crippen LogP contribution in [0.3, 0.4) is 0 Å². The van der Waals surface area contributed by atoms with Crippen LogP contribution in [-0.4, -0.2) is 17.5 Å². The fourth-order valence-corrected chi connectivity index (χ4v) is 2.54. The zero-order chi connectivity index (χ0) is 23.2. The van der Waals surface area contributed by atoms with Gasteiger partial charge in [0.2, 0.25) is 0 Å². The number of carbonyl (C=O) groups excluding carboxylic acids is 1. The maximum absolute atomic E-state index is 10.7. The molecule has 0 unspecified atom stereocenters. The van der Waals surface area contributed by atoms with E-state index in [4.69, 9.17) is 21.4 Å². The van der Waals surface area contributed by atoms with Gasteiger partial charge in [-0.1, -0.05) is 75.9 Å². The molecule has 0 saturated carbocycles. The van der Waals surface area contributed by atoms with Crippen LogP contribution < -0.4 is 0 Å². The summed E-state index contributed by atoms with van der Waals surface area (Å²) in [5, 5.41) is 9.49. The van der Waals surface area contributed by atoms with E-state index in [9.17, 15) is 4.79 Å². The van der Waals surface area contributed by atoms with E-state index in [0.29, 0.717) is 22.1 Å². The average Bonchev–Trinajstić information content (AvgIpc) is 2.72. The van der Waals surface area contributed by atoms with Gasteiger partial charge in [-0.3, -0.25) is 4.79 Å². The summed E-state index contributed by atoms with van der Waals surface area (Å²) in [5.41, 5.74) is 2.20. The predicted octanol–water partition coefficient (Wildman–Crippen LogP) is 7.12. The van der Waals surface area contributed by atoms with Crippen LogP contribution in [-0.2, 0) is 4.74 Å². The number of ether oxygens (including phenoxy) is 1. The first-order valence-corrected chi connectivity index (χ1v) is 10.6. The molecule has 30 heavy (non-hydrogen) atoms. The SMILES string of the molecule is C=C(CO)O/C(C#C/C=C(\CCC)C(C)(C)CC)=C\C.CC(=O)c1cccc(Cl)c1. The highest BCUT2D eigenvalue weighted by Crippen LogP contribution is 2.32. The lowest BCUT2D eigenvalue weighted by Crippen LogP contribution is -2.13. The van der Waals surface area contributed by atoms with Crippen LogP contribution >= 0.6 is 11.6 Å². The number of rotatable bonds is 8. The molecule has 0 aliphatic rings. The molecule has 1 rings (SSSR count). The van der Waals surface area contributed by atoms with E-state index in [2.05, 4.69) is 46.1 Å². The van der Waals surface area contributed by atoms with Crippen LogP contribution in [0, 0.1) is 17.3 Å². The molecule has 3 nitrogen and oxygen atoms in total. The molecule has 0 amide bonds. The first-order chi connectivity index (χ1) is 14.1. The number of aliphatic hydroxyl groups excluding tert-OH is 1. The lowest BCUT2D eigenvalue weighted by molar-refractivity contribution is 0.101. The summed E-state index contributed by atoms with van der Waals surface area (Å²) in [6, 6.07) is 6.91. The number of hydrogen-bond acceptors (Lipinski definition) is 3. The molecule has 1 aromatic carbocycles. The van der Waals surface area contributed by atoms with E-state index in [1.165, 1.54) is 12.5 Å². The number of benzene rings is 1. The number of carbonyl (C=O) groups is 1. The van der Waals surface area contributed by atoms with Crippen molar-refractivity contribution in [2.24, 2.45) is 5.41 Å². The molecule has 0 aliphatic heterocycles. The van der Waals surface area contributed by atoms with E-state index < -0.39 is 0 Å². The quantitative estimate of drug-likeness (QED) is 0.271. The number of Topliss-reactive ketones (excluding diaryl/α,β-unsaturated/α-hetero) is 1. The van der Waals surface area contributed by atoms with Crippen molar-refractivity contribution in [1.82, 2.24) is 0 Å². The first-order valence-electron chi connectivity index (χ1n) is 10.2. The van der Waals surface area contributed by atoms with Crippen molar-refractivity contribution < 1.29 is 14.6 Å². The van der Waals surface area contributed by atoms with Gasteiger partial charge < -0.3 is 9.84 Å². The molecule has 1 N–H and O–H groups in total. The minimum absolute atomic E-state index is 0.0440. The molecule has 1 aromatic rings. The Kier molecular flexibility index (Phi) is 13.5. The normalized spacial score (nSPS) is 11.6. The number of aliphatic hydroxyl groups is 1. The number of halogens is 1. The molecule has 0 bridgehead atoms. The van der Waals surface area contributed by atoms with Gasteiger partial charge in [-0.15, -0.1) is 0 Å². The van der Waals surface area contributed by atoms with Crippen molar-refractivity contribution in [3.8, 4) is 11.8 Å². The van der Waals surface area contributed by atoms with Crippen molar-refractivity contribution >= 4 is 17.4 Å². The van der Waals surface area contributed by atoms with Crippen LogP contribution in [0.5, 0.6) is 0 Å². The van der Waals surface area contributed by atoms with Gasteiger partial charge in [0.1, 0.15) is 12.4 Å². The summed E-state index contributed by atoms with van der Waals surface area (Å²) in [6.45, 7) is 15.6. The van der Waals surface area contributed by atoms with E-state index in [1.807, 2.05) is 13.0 Å². The third kappa shape index (κ3) is 11.0. The Bertz CT molecular complexity index is 820.